The predicted octanol–water partition coefficient (Wildman–Crippen LogP) is 1.81. The first-order chi connectivity index (χ1) is 6.83. The van der Waals surface area contributed by atoms with Gasteiger partial charge in [-0.15, -0.1) is 0 Å². The van der Waals surface area contributed by atoms with E-state index in [0.717, 1.165) is 12.6 Å². The van der Waals surface area contributed by atoms with Crippen LogP contribution < -0.4 is 5.32 Å². The summed E-state index contributed by atoms with van der Waals surface area (Å²) in [4.78, 5) is 2.43. The molecule has 0 bridgehead atoms. The zero-order chi connectivity index (χ0) is 10.2. The number of hydrogen-bond donors (Lipinski definition) is 1. The molecule has 0 aromatic carbocycles. The molecule has 0 saturated carbocycles. The zero-order valence-corrected chi connectivity index (χ0v) is 10.4. The van der Waals surface area contributed by atoms with Gasteiger partial charge in [0, 0.05) is 24.9 Å². The Balaban J connectivity index is 1.91. The smallest absolute Gasteiger partial charge is 0.0166 e. The minimum absolute atomic E-state index is 0.791. The molecule has 0 radical (unpaired) electrons. The maximum Gasteiger partial charge on any atom is 0.0166 e. The summed E-state index contributed by atoms with van der Waals surface area (Å²) in [6.45, 7) is 5.85. The third-order valence-corrected chi connectivity index (χ3v) is 3.91. The largest absolute Gasteiger partial charge is 0.312 e. The highest BCUT2D eigenvalue weighted by Crippen LogP contribution is 2.16. The van der Waals surface area contributed by atoms with Gasteiger partial charge in [-0.1, -0.05) is 13.3 Å². The van der Waals surface area contributed by atoms with Crippen LogP contribution in [0, 0.1) is 0 Å². The quantitative estimate of drug-likeness (QED) is 0.699. The fourth-order valence-electron chi connectivity index (χ4n) is 1.69. The van der Waals surface area contributed by atoms with Crippen molar-refractivity contribution in [2.75, 3.05) is 38.2 Å². The second kappa shape index (κ2) is 7.55. The van der Waals surface area contributed by atoms with Gasteiger partial charge in [-0.25, -0.2) is 0 Å². The van der Waals surface area contributed by atoms with E-state index in [1.165, 1.54) is 43.9 Å². The van der Waals surface area contributed by atoms with E-state index < -0.39 is 0 Å². The van der Waals surface area contributed by atoms with Crippen LogP contribution in [0.3, 0.4) is 0 Å². The highest BCUT2D eigenvalue weighted by molar-refractivity contribution is 7.99. The molecule has 0 unspecified atom stereocenters. The van der Waals surface area contributed by atoms with Crippen LogP contribution in [0.5, 0.6) is 0 Å². The molecule has 84 valence electrons. The molecule has 1 rings (SSSR count). The lowest BCUT2D eigenvalue weighted by molar-refractivity contribution is 0.320. The van der Waals surface area contributed by atoms with E-state index in [9.17, 15) is 0 Å². The van der Waals surface area contributed by atoms with E-state index in [4.69, 9.17) is 0 Å². The first kappa shape index (κ1) is 12.3. The monoisotopic (exact) mass is 216 g/mol. The minimum atomic E-state index is 0.791. The second-order valence-corrected chi connectivity index (χ2v) is 5.32. The molecule has 1 saturated heterocycles. The Bertz CT molecular complexity index is 135. The first-order valence-corrected chi connectivity index (χ1v) is 6.98. The van der Waals surface area contributed by atoms with Crippen molar-refractivity contribution >= 4 is 11.8 Å². The average molecular weight is 216 g/mol. The van der Waals surface area contributed by atoms with Crippen LogP contribution in [0.25, 0.3) is 0 Å². The summed E-state index contributed by atoms with van der Waals surface area (Å²) >= 11 is 2.08. The van der Waals surface area contributed by atoms with Crippen molar-refractivity contribution in [2.45, 2.75) is 32.2 Å². The van der Waals surface area contributed by atoms with Gasteiger partial charge in [0.1, 0.15) is 0 Å². The van der Waals surface area contributed by atoms with Gasteiger partial charge in [-0.3, -0.25) is 0 Å². The van der Waals surface area contributed by atoms with Crippen molar-refractivity contribution in [3.05, 3.63) is 0 Å². The van der Waals surface area contributed by atoms with E-state index in [1.54, 1.807) is 0 Å². The fourth-order valence-corrected chi connectivity index (χ4v) is 2.88. The van der Waals surface area contributed by atoms with Gasteiger partial charge < -0.3 is 10.2 Å². The lowest BCUT2D eigenvalue weighted by atomic mass is 10.2. The molecule has 1 atom stereocenters. The van der Waals surface area contributed by atoms with Crippen molar-refractivity contribution in [3.8, 4) is 0 Å². The third kappa shape index (κ3) is 5.23. The molecule has 1 N–H and O–H groups in total. The van der Waals surface area contributed by atoms with E-state index in [1.807, 2.05) is 0 Å². The molecule has 0 aromatic heterocycles. The molecule has 3 heteroatoms. The van der Waals surface area contributed by atoms with Crippen LogP contribution in [-0.2, 0) is 0 Å². The summed E-state index contributed by atoms with van der Waals surface area (Å²) in [5.41, 5.74) is 0. The summed E-state index contributed by atoms with van der Waals surface area (Å²) in [5.74, 6) is 2.67. The average Bonchev–Trinajstić information content (AvgIpc) is 2.67. The van der Waals surface area contributed by atoms with Crippen LogP contribution in [0.4, 0.5) is 0 Å². The SMILES string of the molecule is CCCCN(C)CCN[C@@H]1CCSC1. The van der Waals surface area contributed by atoms with Crippen LogP contribution in [0.1, 0.15) is 26.2 Å². The molecule has 1 fully saturated rings. The summed E-state index contributed by atoms with van der Waals surface area (Å²) < 4.78 is 0. The number of likely N-dealkylation sites (N-methyl/N-ethyl adjacent to an activating group) is 1. The Morgan fingerprint density at radius 3 is 2.93 bits per heavy atom. The van der Waals surface area contributed by atoms with Gasteiger partial charge in [-0.2, -0.15) is 11.8 Å². The number of unbranched alkanes of at least 4 members (excludes halogenated alkanes) is 1. The Morgan fingerprint density at radius 2 is 2.29 bits per heavy atom. The van der Waals surface area contributed by atoms with Crippen molar-refractivity contribution < 1.29 is 0 Å². The number of rotatable bonds is 7. The summed E-state index contributed by atoms with van der Waals surface area (Å²) in [7, 11) is 2.22. The van der Waals surface area contributed by atoms with Crippen molar-refractivity contribution in [2.24, 2.45) is 0 Å². The van der Waals surface area contributed by atoms with Gasteiger partial charge in [0.2, 0.25) is 0 Å². The molecular weight excluding hydrogens is 192 g/mol. The molecule has 0 aromatic rings. The standard InChI is InChI=1S/C11H24N2S/c1-3-4-7-13(2)8-6-12-11-5-9-14-10-11/h11-12H,3-10H2,1-2H3/t11-/m1/s1. The minimum Gasteiger partial charge on any atom is -0.312 e. The van der Waals surface area contributed by atoms with Gasteiger partial charge in [0.15, 0.2) is 0 Å². The first-order valence-electron chi connectivity index (χ1n) is 5.82. The van der Waals surface area contributed by atoms with Gasteiger partial charge >= 0.3 is 0 Å². The molecule has 2 nitrogen and oxygen atoms in total. The third-order valence-electron chi connectivity index (χ3n) is 2.75. The Kier molecular flexibility index (Phi) is 6.65. The summed E-state index contributed by atoms with van der Waals surface area (Å²) in [6.07, 6.45) is 4.00. The number of hydrogen-bond acceptors (Lipinski definition) is 3. The van der Waals surface area contributed by atoms with E-state index >= 15 is 0 Å². The van der Waals surface area contributed by atoms with E-state index in [-0.39, 0.29) is 0 Å². The Morgan fingerprint density at radius 1 is 1.43 bits per heavy atom. The molecule has 0 spiro atoms. The van der Waals surface area contributed by atoms with Crippen LogP contribution in [0.15, 0.2) is 0 Å². The topological polar surface area (TPSA) is 15.3 Å². The number of nitrogens with one attached hydrogen (secondary N) is 1. The Hall–Kier alpha value is 0.270. The number of nitrogens with zero attached hydrogens (tertiary/aromatic N) is 1. The molecule has 1 aliphatic rings. The molecular formula is C11H24N2S. The highest BCUT2D eigenvalue weighted by atomic mass is 32.2. The van der Waals surface area contributed by atoms with Crippen LogP contribution >= 0.6 is 11.8 Å². The van der Waals surface area contributed by atoms with Crippen LogP contribution in [0.2, 0.25) is 0 Å². The van der Waals surface area contributed by atoms with Gasteiger partial charge in [0.05, 0.1) is 0 Å². The number of thioether (sulfide) groups is 1. The molecule has 0 amide bonds. The fraction of sp³-hybridized carbons (Fsp3) is 1.00. The molecule has 1 aliphatic heterocycles. The van der Waals surface area contributed by atoms with Crippen molar-refractivity contribution in [3.63, 3.8) is 0 Å². The lowest BCUT2D eigenvalue weighted by Crippen LogP contribution is -2.36. The predicted molar refractivity (Wildman–Crippen MR) is 66.1 cm³/mol. The van der Waals surface area contributed by atoms with Crippen molar-refractivity contribution in [1.82, 2.24) is 10.2 Å². The zero-order valence-electron chi connectivity index (χ0n) is 9.59. The maximum atomic E-state index is 3.63. The highest BCUT2D eigenvalue weighted by Gasteiger charge is 2.13. The van der Waals surface area contributed by atoms with Crippen molar-refractivity contribution in [1.29, 1.82) is 0 Å². The van der Waals surface area contributed by atoms with Gasteiger partial charge in [0.25, 0.3) is 0 Å². The van der Waals surface area contributed by atoms with Crippen LogP contribution in [-0.4, -0.2) is 49.1 Å². The second-order valence-electron chi connectivity index (χ2n) is 4.17. The van der Waals surface area contributed by atoms with E-state index in [0.29, 0.717) is 0 Å². The van der Waals surface area contributed by atoms with E-state index in [2.05, 4.69) is 35.9 Å². The molecule has 0 aliphatic carbocycles. The molecule has 1 heterocycles. The summed E-state index contributed by atoms with van der Waals surface area (Å²) in [6, 6.07) is 0.791. The normalized spacial score (nSPS) is 22.1. The summed E-state index contributed by atoms with van der Waals surface area (Å²) in [5, 5.41) is 3.63. The van der Waals surface area contributed by atoms with Gasteiger partial charge in [-0.05, 0) is 32.2 Å². The maximum absolute atomic E-state index is 3.63. The Labute approximate surface area is 92.8 Å². The lowest BCUT2D eigenvalue weighted by Gasteiger charge is -2.18. The molecule has 14 heavy (non-hydrogen) atoms.